The Morgan fingerprint density at radius 3 is 2.42 bits per heavy atom. The van der Waals surface area contributed by atoms with Crippen molar-refractivity contribution in [1.82, 2.24) is 5.32 Å². The number of carbonyl (C=O) groups excluding carboxylic acids is 2. The molecule has 1 saturated heterocycles. The van der Waals surface area contributed by atoms with Gasteiger partial charge < -0.3 is 19.7 Å². The average Bonchev–Trinajstić information content (AvgIpc) is 3.11. The van der Waals surface area contributed by atoms with Gasteiger partial charge in [0.25, 0.3) is 5.91 Å². The summed E-state index contributed by atoms with van der Waals surface area (Å²) >= 11 is 0. The summed E-state index contributed by atoms with van der Waals surface area (Å²) in [4.78, 5) is 25.3. The van der Waals surface area contributed by atoms with Crippen LogP contribution in [0.2, 0.25) is 0 Å². The molecule has 6 nitrogen and oxygen atoms in total. The number of benzene rings is 2. The Labute approximate surface area is 152 Å². The van der Waals surface area contributed by atoms with E-state index in [0.717, 1.165) is 24.4 Å². The van der Waals surface area contributed by atoms with Crippen molar-refractivity contribution in [3.05, 3.63) is 54.6 Å². The molecule has 0 bridgehead atoms. The number of anilines is 1. The van der Waals surface area contributed by atoms with E-state index in [-0.39, 0.29) is 18.4 Å². The lowest BCUT2D eigenvalue weighted by molar-refractivity contribution is -0.123. The minimum atomic E-state index is -0.208. The number of rotatable bonds is 8. The van der Waals surface area contributed by atoms with Crippen LogP contribution in [-0.2, 0) is 9.59 Å². The van der Waals surface area contributed by atoms with Crippen LogP contribution in [-0.4, -0.2) is 38.1 Å². The lowest BCUT2D eigenvalue weighted by Gasteiger charge is -2.16. The maximum Gasteiger partial charge on any atom is 0.258 e. The molecular weight excluding hydrogens is 332 g/mol. The third-order valence-corrected chi connectivity index (χ3v) is 4.03. The van der Waals surface area contributed by atoms with Crippen LogP contribution in [0.1, 0.15) is 12.8 Å². The minimum absolute atomic E-state index is 0.0622. The first-order valence-electron chi connectivity index (χ1n) is 8.70. The van der Waals surface area contributed by atoms with Crippen LogP contribution in [0.5, 0.6) is 11.5 Å². The summed E-state index contributed by atoms with van der Waals surface area (Å²) in [6.07, 6.45) is 1.50. The Hall–Kier alpha value is -3.02. The van der Waals surface area contributed by atoms with Crippen molar-refractivity contribution in [2.24, 2.45) is 0 Å². The zero-order chi connectivity index (χ0) is 18.2. The molecule has 3 rings (SSSR count). The number of carbonyl (C=O) groups is 2. The molecule has 136 valence electrons. The van der Waals surface area contributed by atoms with E-state index in [9.17, 15) is 9.59 Å². The Morgan fingerprint density at radius 1 is 1.00 bits per heavy atom. The summed E-state index contributed by atoms with van der Waals surface area (Å²) in [6.45, 7) is 1.50. The largest absolute Gasteiger partial charge is 0.492 e. The van der Waals surface area contributed by atoms with Gasteiger partial charge in [-0.25, -0.2) is 0 Å². The summed E-state index contributed by atoms with van der Waals surface area (Å²) in [7, 11) is 0. The van der Waals surface area contributed by atoms with Gasteiger partial charge in [-0.1, -0.05) is 18.2 Å². The average molecular weight is 354 g/mol. The van der Waals surface area contributed by atoms with Crippen LogP contribution in [0.3, 0.4) is 0 Å². The van der Waals surface area contributed by atoms with E-state index in [0.29, 0.717) is 25.3 Å². The van der Waals surface area contributed by atoms with Gasteiger partial charge in [0.2, 0.25) is 5.91 Å². The quantitative estimate of drug-likeness (QED) is 0.739. The van der Waals surface area contributed by atoms with Crippen LogP contribution in [0.15, 0.2) is 54.6 Å². The third kappa shape index (κ3) is 4.99. The first kappa shape index (κ1) is 17.8. The second-order valence-electron chi connectivity index (χ2n) is 5.94. The molecule has 0 unspecified atom stereocenters. The van der Waals surface area contributed by atoms with Crippen LogP contribution in [0.4, 0.5) is 5.69 Å². The Morgan fingerprint density at radius 2 is 1.73 bits per heavy atom. The molecule has 6 heteroatoms. The van der Waals surface area contributed by atoms with Crippen molar-refractivity contribution >= 4 is 17.5 Å². The zero-order valence-electron chi connectivity index (χ0n) is 14.5. The number of nitrogens with zero attached hydrogens (tertiary/aromatic N) is 1. The molecule has 1 aliphatic rings. The first-order chi connectivity index (χ1) is 12.7. The van der Waals surface area contributed by atoms with Gasteiger partial charge >= 0.3 is 0 Å². The number of amides is 2. The highest BCUT2D eigenvalue weighted by atomic mass is 16.5. The molecule has 0 atom stereocenters. The monoisotopic (exact) mass is 354 g/mol. The number of hydrogen-bond donors (Lipinski definition) is 1. The summed E-state index contributed by atoms with van der Waals surface area (Å²) < 4.78 is 11.0. The SMILES string of the molecule is O=C(COc1ccc(N2CCCC2=O)cc1)NCCOc1ccccc1. The van der Waals surface area contributed by atoms with Gasteiger partial charge in [-0.2, -0.15) is 0 Å². The van der Waals surface area contributed by atoms with Crippen LogP contribution in [0.25, 0.3) is 0 Å². The van der Waals surface area contributed by atoms with Gasteiger partial charge in [-0.3, -0.25) is 9.59 Å². The molecule has 2 aromatic carbocycles. The van der Waals surface area contributed by atoms with Gasteiger partial charge in [-0.15, -0.1) is 0 Å². The third-order valence-electron chi connectivity index (χ3n) is 4.03. The molecule has 2 amide bonds. The van der Waals surface area contributed by atoms with Gasteiger partial charge in [0.05, 0.1) is 6.54 Å². The second kappa shape index (κ2) is 8.89. The fourth-order valence-electron chi connectivity index (χ4n) is 2.72. The molecule has 1 heterocycles. The van der Waals surface area contributed by atoms with Crippen LogP contribution >= 0.6 is 0 Å². The Balaban J connectivity index is 1.35. The molecule has 1 fully saturated rings. The van der Waals surface area contributed by atoms with Crippen LogP contribution in [0, 0.1) is 0 Å². The van der Waals surface area contributed by atoms with E-state index in [1.54, 1.807) is 17.0 Å². The zero-order valence-corrected chi connectivity index (χ0v) is 14.5. The van der Waals surface area contributed by atoms with Gasteiger partial charge in [0, 0.05) is 18.7 Å². The highest BCUT2D eigenvalue weighted by Crippen LogP contribution is 2.23. The Kier molecular flexibility index (Phi) is 6.09. The maximum absolute atomic E-state index is 11.8. The number of para-hydroxylation sites is 1. The van der Waals surface area contributed by atoms with Crippen molar-refractivity contribution in [1.29, 1.82) is 0 Å². The molecule has 2 aromatic rings. The fraction of sp³-hybridized carbons (Fsp3) is 0.300. The normalized spacial score (nSPS) is 13.5. The lowest BCUT2D eigenvalue weighted by atomic mass is 10.3. The van der Waals surface area contributed by atoms with Gasteiger partial charge in [0.15, 0.2) is 6.61 Å². The van der Waals surface area contributed by atoms with Crippen molar-refractivity contribution in [3.8, 4) is 11.5 Å². The molecule has 1 N–H and O–H groups in total. The molecular formula is C20H22N2O4. The molecule has 26 heavy (non-hydrogen) atoms. The fourth-order valence-corrected chi connectivity index (χ4v) is 2.72. The molecule has 0 spiro atoms. The Bertz CT molecular complexity index is 731. The first-order valence-corrected chi connectivity index (χ1v) is 8.70. The predicted octanol–water partition coefficient (Wildman–Crippen LogP) is 2.39. The highest BCUT2D eigenvalue weighted by molar-refractivity contribution is 5.95. The number of ether oxygens (including phenoxy) is 2. The second-order valence-corrected chi connectivity index (χ2v) is 5.94. The predicted molar refractivity (Wildman–Crippen MR) is 98.5 cm³/mol. The molecule has 0 aliphatic carbocycles. The molecule has 0 aromatic heterocycles. The van der Waals surface area contributed by atoms with Gasteiger partial charge in [-0.05, 0) is 42.8 Å². The van der Waals surface area contributed by atoms with Crippen molar-refractivity contribution in [3.63, 3.8) is 0 Å². The summed E-state index contributed by atoms with van der Waals surface area (Å²) in [5.74, 6) is 1.31. The molecule has 0 saturated carbocycles. The van der Waals surface area contributed by atoms with E-state index < -0.39 is 0 Å². The lowest BCUT2D eigenvalue weighted by Crippen LogP contribution is -2.32. The summed E-state index contributed by atoms with van der Waals surface area (Å²) in [6, 6.07) is 16.7. The number of nitrogens with one attached hydrogen (secondary N) is 1. The van der Waals surface area contributed by atoms with E-state index in [4.69, 9.17) is 9.47 Å². The van der Waals surface area contributed by atoms with E-state index in [1.165, 1.54) is 0 Å². The van der Waals surface area contributed by atoms with E-state index in [1.807, 2.05) is 42.5 Å². The minimum Gasteiger partial charge on any atom is -0.492 e. The molecule has 1 aliphatic heterocycles. The van der Waals surface area contributed by atoms with Crippen LogP contribution < -0.4 is 19.7 Å². The summed E-state index contributed by atoms with van der Waals surface area (Å²) in [5.41, 5.74) is 0.863. The van der Waals surface area contributed by atoms with Crippen molar-refractivity contribution in [2.45, 2.75) is 12.8 Å². The number of hydrogen-bond acceptors (Lipinski definition) is 4. The van der Waals surface area contributed by atoms with E-state index >= 15 is 0 Å². The van der Waals surface area contributed by atoms with Crippen molar-refractivity contribution in [2.75, 3.05) is 31.2 Å². The summed E-state index contributed by atoms with van der Waals surface area (Å²) in [5, 5.41) is 2.74. The standard InChI is InChI=1S/C20H22N2O4/c23-19(21-12-14-25-17-5-2-1-3-6-17)15-26-18-10-8-16(9-11-18)22-13-4-7-20(22)24/h1-3,5-6,8-11H,4,7,12-15H2,(H,21,23). The topological polar surface area (TPSA) is 67.9 Å². The maximum atomic E-state index is 11.8. The van der Waals surface area contributed by atoms with Gasteiger partial charge in [0.1, 0.15) is 18.1 Å². The van der Waals surface area contributed by atoms with E-state index in [2.05, 4.69) is 5.32 Å². The van der Waals surface area contributed by atoms with Crippen molar-refractivity contribution < 1.29 is 19.1 Å². The highest BCUT2D eigenvalue weighted by Gasteiger charge is 2.21. The smallest absolute Gasteiger partial charge is 0.258 e. The molecule has 0 radical (unpaired) electrons.